The van der Waals surface area contributed by atoms with E-state index in [4.69, 9.17) is 4.74 Å². The molecule has 6 nitrogen and oxygen atoms in total. The SMILES string of the molecule is COc1ccccc1-c1cc([N+](=O)[O-])ccc1C(=O)O. The molecule has 2 aromatic rings. The van der Waals surface area contributed by atoms with Gasteiger partial charge in [-0.05, 0) is 12.1 Å². The minimum Gasteiger partial charge on any atom is -0.496 e. The highest BCUT2D eigenvalue weighted by atomic mass is 16.6. The minimum absolute atomic E-state index is 0.0138. The third-order valence-corrected chi connectivity index (χ3v) is 2.84. The summed E-state index contributed by atoms with van der Waals surface area (Å²) >= 11 is 0. The Morgan fingerprint density at radius 2 is 1.90 bits per heavy atom. The van der Waals surface area contributed by atoms with Crippen molar-refractivity contribution in [2.75, 3.05) is 7.11 Å². The molecule has 0 aliphatic carbocycles. The molecule has 2 rings (SSSR count). The molecule has 1 N–H and O–H groups in total. The number of carboxylic acid groups (broad SMARTS) is 1. The first-order chi connectivity index (χ1) is 9.54. The fourth-order valence-corrected chi connectivity index (χ4v) is 1.92. The van der Waals surface area contributed by atoms with Crippen LogP contribution in [-0.4, -0.2) is 23.1 Å². The highest BCUT2D eigenvalue weighted by Crippen LogP contribution is 2.34. The van der Waals surface area contributed by atoms with E-state index < -0.39 is 10.9 Å². The number of ether oxygens (including phenoxy) is 1. The minimum atomic E-state index is -1.15. The van der Waals surface area contributed by atoms with Gasteiger partial charge in [0.15, 0.2) is 0 Å². The quantitative estimate of drug-likeness (QED) is 0.683. The summed E-state index contributed by atoms with van der Waals surface area (Å²) in [4.78, 5) is 21.5. The predicted molar refractivity (Wildman–Crippen MR) is 72.0 cm³/mol. The summed E-state index contributed by atoms with van der Waals surface area (Å²) in [7, 11) is 1.45. The van der Waals surface area contributed by atoms with Gasteiger partial charge in [-0.2, -0.15) is 0 Å². The van der Waals surface area contributed by atoms with Gasteiger partial charge in [0.1, 0.15) is 5.75 Å². The molecule has 0 bridgehead atoms. The molecule has 0 spiro atoms. The lowest BCUT2D eigenvalue weighted by Crippen LogP contribution is -2.01. The average molecular weight is 273 g/mol. The molecule has 0 aromatic heterocycles. The van der Waals surface area contributed by atoms with Gasteiger partial charge in [-0.15, -0.1) is 0 Å². The zero-order chi connectivity index (χ0) is 14.7. The molecule has 0 radical (unpaired) electrons. The van der Waals surface area contributed by atoms with E-state index in [1.165, 1.54) is 25.3 Å². The molecular weight excluding hydrogens is 262 g/mol. The van der Waals surface area contributed by atoms with Gasteiger partial charge in [-0.1, -0.05) is 18.2 Å². The Labute approximate surface area is 114 Å². The Kier molecular flexibility index (Phi) is 3.65. The van der Waals surface area contributed by atoms with Gasteiger partial charge in [-0.3, -0.25) is 10.1 Å². The van der Waals surface area contributed by atoms with Gasteiger partial charge < -0.3 is 9.84 Å². The van der Waals surface area contributed by atoms with Gasteiger partial charge >= 0.3 is 5.97 Å². The van der Waals surface area contributed by atoms with Crippen molar-refractivity contribution in [3.05, 3.63) is 58.1 Å². The standard InChI is InChI=1S/C14H11NO5/c1-20-13-5-3-2-4-10(13)12-8-9(15(18)19)6-7-11(12)14(16)17/h2-8H,1H3,(H,16,17). The number of carbonyl (C=O) groups is 1. The summed E-state index contributed by atoms with van der Waals surface area (Å²) in [6.45, 7) is 0. The number of benzene rings is 2. The Balaban J connectivity index is 2.72. The summed E-state index contributed by atoms with van der Waals surface area (Å²) in [5, 5.41) is 20.1. The highest BCUT2D eigenvalue weighted by Gasteiger charge is 2.18. The van der Waals surface area contributed by atoms with E-state index in [2.05, 4.69) is 0 Å². The zero-order valence-corrected chi connectivity index (χ0v) is 10.6. The van der Waals surface area contributed by atoms with Crippen LogP contribution in [0.25, 0.3) is 11.1 Å². The summed E-state index contributed by atoms with van der Waals surface area (Å²) in [6, 6.07) is 10.4. The van der Waals surface area contributed by atoms with Crippen LogP contribution in [0.1, 0.15) is 10.4 Å². The van der Waals surface area contributed by atoms with Crippen LogP contribution in [0.3, 0.4) is 0 Å². The van der Waals surface area contributed by atoms with Gasteiger partial charge in [0.2, 0.25) is 0 Å². The Morgan fingerprint density at radius 1 is 1.20 bits per heavy atom. The highest BCUT2D eigenvalue weighted by molar-refractivity contribution is 5.97. The molecule has 0 saturated heterocycles. The molecular formula is C14H11NO5. The van der Waals surface area contributed by atoms with Crippen LogP contribution in [0.5, 0.6) is 5.75 Å². The summed E-state index contributed by atoms with van der Waals surface area (Å²) in [5.41, 5.74) is 0.566. The molecule has 6 heteroatoms. The molecule has 0 heterocycles. The number of hydrogen-bond donors (Lipinski definition) is 1. The van der Waals surface area contributed by atoms with Crippen molar-refractivity contribution in [2.24, 2.45) is 0 Å². The number of rotatable bonds is 4. The second-order valence-corrected chi connectivity index (χ2v) is 3.99. The van der Waals surface area contributed by atoms with Crippen molar-refractivity contribution < 1.29 is 19.6 Å². The first-order valence-corrected chi connectivity index (χ1v) is 5.69. The Morgan fingerprint density at radius 3 is 2.50 bits per heavy atom. The van der Waals surface area contributed by atoms with E-state index in [0.717, 1.165) is 0 Å². The van der Waals surface area contributed by atoms with Crippen LogP contribution in [0.4, 0.5) is 5.69 Å². The second kappa shape index (κ2) is 5.40. The van der Waals surface area contributed by atoms with Crippen LogP contribution >= 0.6 is 0 Å². The number of non-ortho nitro benzene ring substituents is 1. The zero-order valence-electron chi connectivity index (χ0n) is 10.6. The van der Waals surface area contributed by atoms with E-state index in [9.17, 15) is 20.0 Å². The molecule has 0 fully saturated rings. The summed E-state index contributed by atoms with van der Waals surface area (Å²) < 4.78 is 5.17. The van der Waals surface area contributed by atoms with Crippen molar-refractivity contribution >= 4 is 11.7 Å². The molecule has 20 heavy (non-hydrogen) atoms. The van der Waals surface area contributed by atoms with Crippen molar-refractivity contribution in [2.45, 2.75) is 0 Å². The third kappa shape index (κ3) is 2.44. The number of methoxy groups -OCH3 is 1. The largest absolute Gasteiger partial charge is 0.496 e. The van der Waals surface area contributed by atoms with Crippen molar-refractivity contribution in [3.8, 4) is 16.9 Å². The molecule has 2 aromatic carbocycles. The lowest BCUT2D eigenvalue weighted by atomic mass is 9.98. The maximum Gasteiger partial charge on any atom is 0.336 e. The molecule has 0 saturated carbocycles. The topological polar surface area (TPSA) is 89.7 Å². The van der Waals surface area contributed by atoms with E-state index in [0.29, 0.717) is 11.3 Å². The number of aromatic carboxylic acids is 1. The Bertz CT molecular complexity index is 681. The number of nitro groups is 1. The second-order valence-electron chi connectivity index (χ2n) is 3.99. The van der Waals surface area contributed by atoms with Crippen LogP contribution in [0.2, 0.25) is 0 Å². The Hall–Kier alpha value is -2.89. The van der Waals surface area contributed by atoms with E-state index in [-0.39, 0.29) is 16.8 Å². The smallest absolute Gasteiger partial charge is 0.336 e. The van der Waals surface area contributed by atoms with Crippen LogP contribution in [-0.2, 0) is 0 Å². The first kappa shape index (κ1) is 13.5. The maximum absolute atomic E-state index is 11.3. The molecule has 102 valence electrons. The van der Waals surface area contributed by atoms with E-state index in [1.54, 1.807) is 24.3 Å². The average Bonchev–Trinajstić information content (AvgIpc) is 2.46. The number of hydrogen-bond acceptors (Lipinski definition) is 4. The van der Waals surface area contributed by atoms with Gasteiger partial charge in [0, 0.05) is 23.3 Å². The molecule has 0 aliphatic rings. The fraction of sp³-hybridized carbons (Fsp3) is 0.0714. The first-order valence-electron chi connectivity index (χ1n) is 5.69. The summed E-state index contributed by atoms with van der Waals surface area (Å²) in [5.74, 6) is -0.698. The van der Waals surface area contributed by atoms with Crippen molar-refractivity contribution in [1.82, 2.24) is 0 Å². The van der Waals surface area contributed by atoms with Gasteiger partial charge in [-0.25, -0.2) is 4.79 Å². The van der Waals surface area contributed by atoms with Crippen LogP contribution < -0.4 is 4.74 Å². The monoisotopic (exact) mass is 273 g/mol. The fourth-order valence-electron chi connectivity index (χ4n) is 1.92. The number of para-hydroxylation sites is 1. The molecule has 0 amide bonds. The maximum atomic E-state index is 11.3. The molecule has 0 atom stereocenters. The number of nitrogens with zero attached hydrogens (tertiary/aromatic N) is 1. The molecule has 0 unspecified atom stereocenters. The van der Waals surface area contributed by atoms with Crippen LogP contribution in [0, 0.1) is 10.1 Å². The van der Waals surface area contributed by atoms with E-state index in [1.807, 2.05) is 0 Å². The van der Waals surface area contributed by atoms with Gasteiger partial charge in [0.25, 0.3) is 5.69 Å². The number of carboxylic acids is 1. The van der Waals surface area contributed by atoms with Crippen molar-refractivity contribution in [3.63, 3.8) is 0 Å². The third-order valence-electron chi connectivity index (χ3n) is 2.84. The summed E-state index contributed by atoms with van der Waals surface area (Å²) in [6.07, 6.45) is 0. The predicted octanol–water partition coefficient (Wildman–Crippen LogP) is 2.97. The van der Waals surface area contributed by atoms with E-state index >= 15 is 0 Å². The van der Waals surface area contributed by atoms with Crippen LogP contribution in [0.15, 0.2) is 42.5 Å². The van der Waals surface area contributed by atoms with Gasteiger partial charge in [0.05, 0.1) is 17.6 Å². The molecule has 0 aliphatic heterocycles. The lowest BCUT2D eigenvalue weighted by molar-refractivity contribution is -0.384. The normalized spacial score (nSPS) is 10.1. The number of nitro benzene ring substituents is 1. The van der Waals surface area contributed by atoms with Crippen molar-refractivity contribution in [1.29, 1.82) is 0 Å². The lowest BCUT2D eigenvalue weighted by Gasteiger charge is -2.10.